The molecule has 1 N–H and O–H groups in total. The Kier molecular flexibility index (Phi) is 3.65. The number of hydrogen-bond donors (Lipinski definition) is 1. The van der Waals surface area contributed by atoms with Crippen molar-refractivity contribution >= 4 is 12.0 Å². The van der Waals surface area contributed by atoms with Gasteiger partial charge in [0.2, 0.25) is 11.8 Å². The van der Waals surface area contributed by atoms with Crippen molar-refractivity contribution in [2.45, 2.75) is 6.42 Å². The van der Waals surface area contributed by atoms with Gasteiger partial charge in [-0.1, -0.05) is 6.07 Å². The van der Waals surface area contributed by atoms with Gasteiger partial charge in [0.25, 0.3) is 0 Å². The number of nitrogens with zero attached hydrogens (tertiary/aromatic N) is 2. The van der Waals surface area contributed by atoms with Crippen LogP contribution in [0.3, 0.4) is 0 Å². The van der Waals surface area contributed by atoms with E-state index in [1.54, 1.807) is 0 Å². The van der Waals surface area contributed by atoms with Crippen LogP contribution in [0.25, 0.3) is 6.08 Å². The van der Waals surface area contributed by atoms with Gasteiger partial charge in [0.05, 0.1) is 6.42 Å². The van der Waals surface area contributed by atoms with Crippen LogP contribution in [0.4, 0.5) is 8.78 Å². The van der Waals surface area contributed by atoms with Crippen molar-refractivity contribution < 1.29 is 23.1 Å². The van der Waals surface area contributed by atoms with Crippen molar-refractivity contribution in [3.8, 4) is 0 Å². The van der Waals surface area contributed by atoms with Crippen LogP contribution >= 0.6 is 0 Å². The lowest BCUT2D eigenvalue weighted by molar-refractivity contribution is -0.131. The fourth-order valence-electron chi connectivity index (χ4n) is 1.38. The SMILES string of the molecule is O=C(O)/C=C/c1nnc(Cc2ccc(F)cc2F)o1. The molecule has 2 rings (SSSR count). The Morgan fingerprint density at radius 3 is 2.84 bits per heavy atom. The van der Waals surface area contributed by atoms with E-state index in [9.17, 15) is 13.6 Å². The molecule has 0 amide bonds. The zero-order chi connectivity index (χ0) is 13.8. The molecule has 0 aliphatic heterocycles. The number of carbonyl (C=O) groups is 1. The van der Waals surface area contributed by atoms with Crippen molar-refractivity contribution in [1.82, 2.24) is 10.2 Å². The Labute approximate surface area is 106 Å². The summed E-state index contributed by atoms with van der Waals surface area (Å²) in [4.78, 5) is 10.3. The normalized spacial score (nSPS) is 11.1. The van der Waals surface area contributed by atoms with E-state index < -0.39 is 17.6 Å². The molecule has 0 radical (unpaired) electrons. The van der Waals surface area contributed by atoms with E-state index in [2.05, 4.69) is 10.2 Å². The molecule has 0 unspecified atom stereocenters. The maximum absolute atomic E-state index is 13.4. The number of carboxylic acids is 1. The Morgan fingerprint density at radius 2 is 2.16 bits per heavy atom. The predicted molar refractivity (Wildman–Crippen MR) is 60.1 cm³/mol. The summed E-state index contributed by atoms with van der Waals surface area (Å²) in [6.07, 6.45) is 1.97. The van der Waals surface area contributed by atoms with Gasteiger partial charge in [-0.25, -0.2) is 13.6 Å². The van der Waals surface area contributed by atoms with Crippen molar-refractivity contribution in [3.63, 3.8) is 0 Å². The van der Waals surface area contributed by atoms with Gasteiger partial charge in [0, 0.05) is 18.2 Å². The number of rotatable bonds is 4. The highest BCUT2D eigenvalue weighted by Gasteiger charge is 2.09. The Balaban J connectivity index is 2.13. The first kappa shape index (κ1) is 12.9. The first-order valence-electron chi connectivity index (χ1n) is 5.22. The monoisotopic (exact) mass is 266 g/mol. The Morgan fingerprint density at radius 1 is 1.37 bits per heavy atom. The minimum Gasteiger partial charge on any atom is -0.478 e. The number of hydrogen-bond acceptors (Lipinski definition) is 4. The molecule has 0 atom stereocenters. The van der Waals surface area contributed by atoms with E-state index in [0.29, 0.717) is 0 Å². The quantitative estimate of drug-likeness (QED) is 0.857. The zero-order valence-electron chi connectivity index (χ0n) is 9.51. The molecule has 1 aromatic carbocycles. The van der Waals surface area contributed by atoms with Crippen LogP contribution in [0.2, 0.25) is 0 Å². The van der Waals surface area contributed by atoms with Crippen molar-refractivity contribution in [3.05, 3.63) is 53.3 Å². The van der Waals surface area contributed by atoms with Crippen LogP contribution in [-0.2, 0) is 11.2 Å². The number of aromatic nitrogens is 2. The van der Waals surface area contributed by atoms with Crippen LogP contribution in [0.1, 0.15) is 17.3 Å². The molecule has 1 aromatic heterocycles. The second-order valence-corrected chi connectivity index (χ2v) is 3.62. The molecule has 2 aromatic rings. The highest BCUT2D eigenvalue weighted by atomic mass is 19.1. The zero-order valence-corrected chi connectivity index (χ0v) is 9.51. The van der Waals surface area contributed by atoms with Crippen LogP contribution < -0.4 is 0 Å². The van der Waals surface area contributed by atoms with Gasteiger partial charge < -0.3 is 9.52 Å². The van der Waals surface area contributed by atoms with Crippen molar-refractivity contribution in [2.75, 3.05) is 0 Å². The van der Waals surface area contributed by atoms with Gasteiger partial charge in [0.15, 0.2) is 0 Å². The van der Waals surface area contributed by atoms with Crippen molar-refractivity contribution in [2.24, 2.45) is 0 Å². The molecule has 5 nitrogen and oxygen atoms in total. The van der Waals surface area contributed by atoms with Gasteiger partial charge >= 0.3 is 5.97 Å². The summed E-state index contributed by atoms with van der Waals surface area (Å²) in [6, 6.07) is 3.17. The van der Waals surface area contributed by atoms with Crippen LogP contribution in [0.15, 0.2) is 28.7 Å². The van der Waals surface area contributed by atoms with Gasteiger partial charge in [-0.05, 0) is 11.6 Å². The fraction of sp³-hybridized carbons (Fsp3) is 0.0833. The number of halogens is 2. The average Bonchev–Trinajstić information content (AvgIpc) is 2.78. The molecule has 0 aliphatic rings. The van der Waals surface area contributed by atoms with E-state index in [1.165, 1.54) is 6.07 Å². The lowest BCUT2D eigenvalue weighted by Gasteiger charge is -1.99. The Hall–Kier alpha value is -2.57. The summed E-state index contributed by atoms with van der Waals surface area (Å²) in [5.41, 5.74) is 0.207. The van der Waals surface area contributed by atoms with Gasteiger partial charge in [-0.3, -0.25) is 0 Å². The molecule has 0 saturated carbocycles. The summed E-state index contributed by atoms with van der Waals surface area (Å²) in [6.45, 7) is 0. The van der Waals surface area contributed by atoms with Crippen molar-refractivity contribution in [1.29, 1.82) is 0 Å². The van der Waals surface area contributed by atoms with E-state index in [-0.39, 0.29) is 23.8 Å². The molecule has 0 saturated heterocycles. The smallest absolute Gasteiger partial charge is 0.328 e. The summed E-state index contributed by atoms with van der Waals surface area (Å²) >= 11 is 0. The summed E-state index contributed by atoms with van der Waals surface area (Å²) in [7, 11) is 0. The maximum atomic E-state index is 13.4. The van der Waals surface area contributed by atoms with Crippen LogP contribution in [-0.4, -0.2) is 21.3 Å². The standard InChI is InChI=1S/C12H8F2N2O3/c13-8-2-1-7(9(14)6-8)5-11-16-15-10(19-11)3-4-12(17)18/h1-4,6H,5H2,(H,17,18)/b4-3+. The van der Waals surface area contributed by atoms with Crippen LogP contribution in [0, 0.1) is 11.6 Å². The van der Waals surface area contributed by atoms with E-state index in [4.69, 9.17) is 9.52 Å². The summed E-state index contributed by atoms with van der Waals surface area (Å²) in [5, 5.41) is 15.6. The third-order valence-corrected chi connectivity index (χ3v) is 2.21. The number of carboxylic acid groups (broad SMARTS) is 1. The molecule has 98 valence electrons. The van der Waals surface area contributed by atoms with E-state index >= 15 is 0 Å². The third-order valence-electron chi connectivity index (χ3n) is 2.21. The molecule has 0 aliphatic carbocycles. The van der Waals surface area contributed by atoms with E-state index in [0.717, 1.165) is 24.3 Å². The maximum Gasteiger partial charge on any atom is 0.328 e. The van der Waals surface area contributed by atoms with E-state index in [1.807, 2.05) is 0 Å². The largest absolute Gasteiger partial charge is 0.478 e. The average molecular weight is 266 g/mol. The second kappa shape index (κ2) is 5.38. The highest BCUT2D eigenvalue weighted by Crippen LogP contribution is 2.14. The Bertz CT molecular complexity index is 638. The summed E-state index contributed by atoms with van der Waals surface area (Å²) < 4.78 is 31.2. The molecule has 1 heterocycles. The molecular formula is C12H8F2N2O3. The molecular weight excluding hydrogens is 258 g/mol. The number of benzene rings is 1. The summed E-state index contributed by atoms with van der Waals surface area (Å²) in [5.74, 6) is -2.42. The number of aliphatic carboxylic acids is 1. The molecule has 0 fully saturated rings. The van der Waals surface area contributed by atoms with Crippen LogP contribution in [0.5, 0.6) is 0 Å². The molecule has 7 heteroatoms. The molecule has 0 bridgehead atoms. The van der Waals surface area contributed by atoms with Gasteiger partial charge in [-0.15, -0.1) is 10.2 Å². The third kappa shape index (κ3) is 3.44. The lowest BCUT2D eigenvalue weighted by Crippen LogP contribution is -1.93. The second-order valence-electron chi connectivity index (χ2n) is 3.62. The lowest BCUT2D eigenvalue weighted by atomic mass is 10.1. The fourth-order valence-corrected chi connectivity index (χ4v) is 1.38. The minimum absolute atomic E-state index is 0.0000246. The predicted octanol–water partition coefficient (Wildman–Crippen LogP) is 2.04. The topological polar surface area (TPSA) is 76.2 Å². The van der Waals surface area contributed by atoms with Gasteiger partial charge in [0.1, 0.15) is 11.6 Å². The minimum atomic E-state index is -1.15. The first-order chi connectivity index (χ1) is 9.04. The first-order valence-corrected chi connectivity index (χ1v) is 5.22. The highest BCUT2D eigenvalue weighted by molar-refractivity contribution is 5.84. The molecule has 19 heavy (non-hydrogen) atoms. The molecule has 0 spiro atoms. The van der Waals surface area contributed by atoms with Gasteiger partial charge in [-0.2, -0.15) is 0 Å².